The lowest BCUT2D eigenvalue weighted by Gasteiger charge is -2.43. The second-order valence-electron chi connectivity index (χ2n) is 22.0. The summed E-state index contributed by atoms with van der Waals surface area (Å²) in [6, 6.07) is 3.57. The molecule has 0 aromatic heterocycles. The summed E-state index contributed by atoms with van der Waals surface area (Å²) < 4.78 is 41.4. The molecule has 1 aliphatic carbocycles. The van der Waals surface area contributed by atoms with Crippen molar-refractivity contribution in [2.45, 2.75) is 186 Å². The second kappa shape index (κ2) is 29.2. The van der Waals surface area contributed by atoms with E-state index < -0.39 is 113 Å². The Bertz CT molecular complexity index is 2300. The number of methoxy groups -OCH3 is 3. The van der Waals surface area contributed by atoms with E-state index in [0.29, 0.717) is 63.4 Å². The minimum Gasteiger partial charge on any atom is -0.460 e. The van der Waals surface area contributed by atoms with Crippen molar-refractivity contribution in [3.8, 4) is 5.75 Å². The number of Topliss-reactive ketones (excluding diaryl/α,β-unsaturated/α-hetero) is 2. The van der Waals surface area contributed by atoms with Gasteiger partial charge in [0.2, 0.25) is 5.79 Å². The number of ether oxygens (including phenoxy) is 7. The van der Waals surface area contributed by atoms with E-state index in [4.69, 9.17) is 33.2 Å². The van der Waals surface area contributed by atoms with Gasteiger partial charge in [-0.05, 0) is 119 Å². The number of allylic oxidation sites excluding steroid dienone is 5. The number of cyclic esters (lactones) is 1. The summed E-state index contributed by atoms with van der Waals surface area (Å²) in [5.74, 6) is -8.49. The number of fused-ring (bicyclic) bond motifs is 3. The van der Waals surface area contributed by atoms with Crippen LogP contribution >= 0.6 is 0 Å². The zero-order valence-corrected chi connectivity index (χ0v) is 46.6. The van der Waals surface area contributed by atoms with Crippen molar-refractivity contribution in [2.75, 3.05) is 27.9 Å². The number of nitro benzene ring substituents is 1. The largest absolute Gasteiger partial charge is 0.514 e. The van der Waals surface area contributed by atoms with Crippen molar-refractivity contribution in [3.05, 3.63) is 82.0 Å². The Labute approximate surface area is 453 Å². The smallest absolute Gasteiger partial charge is 0.460 e. The van der Waals surface area contributed by atoms with Gasteiger partial charge in [-0.15, -0.1) is 0 Å². The number of aliphatic hydroxyl groups is 3. The van der Waals surface area contributed by atoms with Crippen LogP contribution in [0.15, 0.2) is 71.9 Å². The minimum absolute atomic E-state index is 0.0149. The monoisotopic (exact) mass is 1080 g/mol. The number of nitro groups is 1. The highest BCUT2D eigenvalue weighted by Gasteiger charge is 2.53. The molecule has 1 amide bonds. The molecule has 1 aromatic carbocycles. The Morgan fingerprint density at radius 2 is 1.57 bits per heavy atom. The highest BCUT2D eigenvalue weighted by molar-refractivity contribution is 6.39. The van der Waals surface area contributed by atoms with Crippen LogP contribution in [-0.4, -0.2) is 143 Å². The summed E-state index contributed by atoms with van der Waals surface area (Å²) in [5, 5.41) is 45.9. The van der Waals surface area contributed by atoms with Crippen molar-refractivity contribution in [1.82, 2.24) is 4.90 Å². The van der Waals surface area contributed by atoms with Gasteiger partial charge in [0.25, 0.3) is 17.4 Å². The Morgan fingerprint density at radius 1 is 0.857 bits per heavy atom. The van der Waals surface area contributed by atoms with Crippen LogP contribution in [0.1, 0.15) is 126 Å². The summed E-state index contributed by atoms with van der Waals surface area (Å²) in [6.45, 7) is 12.5. The van der Waals surface area contributed by atoms with Crippen molar-refractivity contribution in [1.29, 1.82) is 0 Å². The summed E-state index contributed by atoms with van der Waals surface area (Å²) in [7, 11) is 4.44. The van der Waals surface area contributed by atoms with Gasteiger partial charge in [-0.25, -0.2) is 9.59 Å². The normalized spacial score (nSPS) is 36.7. The van der Waals surface area contributed by atoms with E-state index >= 15 is 0 Å². The van der Waals surface area contributed by atoms with Crippen LogP contribution in [0.25, 0.3) is 0 Å². The number of nitrogens with zero attached hydrogens (tertiary/aromatic N) is 2. The Hall–Kier alpha value is -5.15. The third kappa shape index (κ3) is 16.9. The van der Waals surface area contributed by atoms with Crippen LogP contribution in [0.5, 0.6) is 5.75 Å². The standard InChI is InChI=1S/C58H84N2O17/c1-34-16-12-11-13-17-35(2)47(71-8)32-44-23-19-40(7)58(68,77-44)54(64)55(65)59-27-15-14-18-45(59)56(66)75-48(37(4)30-41-20-26-46(61)50(31-41)72-9)33-49(76-57(67)74-43-24-21-42(22-25-43)60(69)70)36(3)29-39(6)52(63)53(73-10)51(62)38(5)28-34/h11-13,16-17,21-22,24-25,29,34,36-38,40-41,44-50,52-53,61,63,68H,14-15,18-20,23,26-28,30-33H2,1-10H3/b13-11+,16-12+,35-17+,39-29+/t34-,36-,37-,38-,40-,41+,44+,45+,46-,47?,48+,49-,50-,52-,53+,58-/m1/s1. The first-order chi connectivity index (χ1) is 36.5. The Balaban J connectivity index is 1.57. The molecule has 5 rings (SSSR count). The van der Waals surface area contributed by atoms with E-state index in [9.17, 15) is 49.4 Å². The maximum atomic E-state index is 14.8. The molecule has 1 unspecified atom stereocenters. The van der Waals surface area contributed by atoms with Gasteiger partial charge in [0.1, 0.15) is 36.2 Å². The first kappa shape index (κ1) is 62.7. The first-order valence-electron chi connectivity index (χ1n) is 27.3. The molecule has 4 aliphatic rings. The molecule has 19 heteroatoms. The van der Waals surface area contributed by atoms with Gasteiger partial charge in [-0.3, -0.25) is 24.5 Å². The second-order valence-corrected chi connectivity index (χ2v) is 22.0. The topological polar surface area (TPSA) is 257 Å². The predicted molar refractivity (Wildman–Crippen MR) is 284 cm³/mol. The molecule has 2 saturated heterocycles. The molecule has 77 heavy (non-hydrogen) atoms. The van der Waals surface area contributed by atoms with Crippen LogP contribution in [0.2, 0.25) is 0 Å². The fourth-order valence-electron chi connectivity index (χ4n) is 11.3. The van der Waals surface area contributed by atoms with E-state index in [1.54, 1.807) is 40.9 Å². The molecule has 0 radical (unpaired) electrons. The fourth-order valence-corrected chi connectivity index (χ4v) is 11.3. The Kier molecular flexibility index (Phi) is 23.8. The van der Waals surface area contributed by atoms with Gasteiger partial charge in [0.15, 0.2) is 5.78 Å². The molecule has 16 atom stereocenters. The van der Waals surface area contributed by atoms with Gasteiger partial charge >= 0.3 is 12.1 Å². The van der Waals surface area contributed by atoms with E-state index in [0.717, 1.165) is 22.6 Å². The van der Waals surface area contributed by atoms with Gasteiger partial charge in [-0.2, -0.15) is 0 Å². The third-order valence-electron chi connectivity index (χ3n) is 16.1. The molecular weight excluding hydrogens is 997 g/mol. The first-order valence-corrected chi connectivity index (χ1v) is 27.3. The van der Waals surface area contributed by atoms with Crippen molar-refractivity contribution in [3.63, 3.8) is 0 Å². The highest BCUT2D eigenvalue weighted by Crippen LogP contribution is 2.38. The van der Waals surface area contributed by atoms with Gasteiger partial charge < -0.3 is 53.4 Å². The number of hydrogen-bond acceptors (Lipinski definition) is 17. The van der Waals surface area contributed by atoms with Crippen molar-refractivity contribution < 1.29 is 77.4 Å². The summed E-state index contributed by atoms with van der Waals surface area (Å²) in [4.78, 5) is 83.5. The van der Waals surface area contributed by atoms with Crippen molar-refractivity contribution in [2.24, 2.45) is 35.5 Å². The maximum Gasteiger partial charge on any atom is 0.514 e. The third-order valence-corrected chi connectivity index (χ3v) is 16.1. The number of rotatable bonds is 9. The zero-order valence-electron chi connectivity index (χ0n) is 46.6. The number of aliphatic hydroxyl groups excluding tert-OH is 2. The van der Waals surface area contributed by atoms with Crippen LogP contribution in [0.4, 0.5) is 10.5 Å². The number of carbonyl (C=O) groups excluding carboxylic acids is 5. The molecule has 19 nitrogen and oxygen atoms in total. The van der Waals surface area contributed by atoms with Crippen LogP contribution in [0.3, 0.4) is 0 Å². The number of amides is 1. The minimum atomic E-state index is -2.50. The number of piperidine rings is 1. The maximum absolute atomic E-state index is 14.8. The van der Waals surface area contributed by atoms with E-state index in [-0.39, 0.29) is 54.9 Å². The van der Waals surface area contributed by atoms with E-state index in [1.165, 1.54) is 26.4 Å². The molecule has 2 bridgehead atoms. The molecule has 3 aliphatic heterocycles. The molecule has 1 saturated carbocycles. The average molecular weight is 1080 g/mol. The lowest BCUT2D eigenvalue weighted by atomic mass is 9.78. The number of hydrogen-bond donors (Lipinski definition) is 3. The van der Waals surface area contributed by atoms with E-state index in [1.807, 2.05) is 51.2 Å². The van der Waals surface area contributed by atoms with Gasteiger partial charge in [0, 0.05) is 70.6 Å². The van der Waals surface area contributed by atoms with Crippen LogP contribution in [0, 0.1) is 45.6 Å². The number of carbonyl (C=O) groups is 5. The molecule has 0 spiro atoms. The molecule has 428 valence electrons. The number of esters is 1. The van der Waals surface area contributed by atoms with Gasteiger partial charge in [-0.1, -0.05) is 71.1 Å². The number of benzene rings is 1. The number of ketones is 2. The van der Waals surface area contributed by atoms with Crippen LogP contribution < -0.4 is 4.74 Å². The number of non-ortho nitro benzene ring substituents is 1. The predicted octanol–water partition coefficient (Wildman–Crippen LogP) is 8.10. The van der Waals surface area contributed by atoms with Crippen LogP contribution in [-0.2, 0) is 47.6 Å². The highest BCUT2D eigenvalue weighted by atomic mass is 16.7. The molecule has 3 N–H and O–H groups in total. The fraction of sp³-hybridized carbons (Fsp3) is 0.672. The summed E-state index contributed by atoms with van der Waals surface area (Å²) >= 11 is 0. The average Bonchev–Trinajstić information content (AvgIpc) is 3.41. The lowest BCUT2D eigenvalue weighted by Crippen LogP contribution is -2.61. The Morgan fingerprint density at radius 3 is 2.23 bits per heavy atom. The zero-order chi connectivity index (χ0) is 56.7. The van der Waals surface area contributed by atoms with Crippen molar-refractivity contribution >= 4 is 35.3 Å². The molecular formula is C58H84N2O17. The molecule has 3 fully saturated rings. The van der Waals surface area contributed by atoms with E-state index in [2.05, 4.69) is 0 Å². The molecule has 3 heterocycles. The molecule has 1 aromatic rings. The van der Waals surface area contributed by atoms with Gasteiger partial charge in [0.05, 0.1) is 29.3 Å². The SMILES string of the molecule is COC1C[C@@H]2CC[C@@H](C)[C@@](O)(O2)C(=O)C(=O)N2CCCC[C@H]2C(=O)O[C@H]([C@H](C)C[C@@H]2CC[C@@H](O)[C@H](OC)C2)C[C@@H](OC(=O)Oc2ccc([N+](=O)[O-])cc2)[C@H](C)/C=C(\C)[C@@H](O)[C@@H](OC)C(=O)[C@H](C)C[C@H](C)/C=C/C=C/C=C/1C. The summed E-state index contributed by atoms with van der Waals surface area (Å²) in [6.07, 6.45) is 7.51. The quantitative estimate of drug-likeness (QED) is 0.0527. The summed E-state index contributed by atoms with van der Waals surface area (Å²) in [5.41, 5.74) is 0.939. The lowest BCUT2D eigenvalue weighted by molar-refractivity contribution is -0.384.